The minimum atomic E-state index is -3.61. The predicted molar refractivity (Wildman–Crippen MR) is 164 cm³/mol. The summed E-state index contributed by atoms with van der Waals surface area (Å²) in [6.07, 6.45) is 1.99. The van der Waals surface area contributed by atoms with Crippen LogP contribution < -0.4 is 10.2 Å². The lowest BCUT2D eigenvalue weighted by molar-refractivity contribution is -0.00545. The Bertz CT molecular complexity index is 1800. The first kappa shape index (κ1) is 29.2. The Kier molecular flexibility index (Phi) is 7.89. The third-order valence-corrected chi connectivity index (χ3v) is 10.1. The van der Waals surface area contributed by atoms with E-state index in [1.165, 1.54) is 6.07 Å². The van der Waals surface area contributed by atoms with Gasteiger partial charge in [-0.2, -0.15) is 0 Å². The van der Waals surface area contributed by atoms with E-state index in [0.717, 1.165) is 41.2 Å². The highest BCUT2D eigenvalue weighted by Crippen LogP contribution is 2.29. The number of hydrogen-bond donors (Lipinski definition) is 1. The lowest BCUT2D eigenvalue weighted by atomic mass is 10.0. The summed E-state index contributed by atoms with van der Waals surface area (Å²) in [5, 5.41) is 3.07. The third-order valence-electron chi connectivity index (χ3n) is 7.93. The van der Waals surface area contributed by atoms with Crippen LogP contribution in [0.15, 0.2) is 59.6 Å². The van der Waals surface area contributed by atoms with E-state index in [4.69, 9.17) is 19.4 Å². The van der Waals surface area contributed by atoms with Gasteiger partial charge in [-0.15, -0.1) is 0 Å². The van der Waals surface area contributed by atoms with Gasteiger partial charge in [0.15, 0.2) is 9.84 Å². The lowest BCUT2D eigenvalue weighted by Gasteiger charge is -2.36. The molecule has 0 aliphatic carbocycles. The topological polar surface area (TPSA) is 124 Å². The molecule has 2 aliphatic rings. The number of anilines is 1. The number of pyridine rings is 3. The van der Waals surface area contributed by atoms with Gasteiger partial charge in [-0.25, -0.2) is 18.4 Å². The van der Waals surface area contributed by atoms with Crippen molar-refractivity contribution in [3.05, 3.63) is 77.1 Å². The van der Waals surface area contributed by atoms with Crippen LogP contribution in [0.5, 0.6) is 0 Å². The van der Waals surface area contributed by atoms with E-state index in [1.807, 2.05) is 36.4 Å². The van der Waals surface area contributed by atoms with Gasteiger partial charge in [0.05, 0.1) is 64.7 Å². The first-order valence-electron chi connectivity index (χ1n) is 14.5. The molecule has 10 nitrogen and oxygen atoms in total. The Morgan fingerprint density at radius 2 is 1.79 bits per heavy atom. The van der Waals surface area contributed by atoms with Crippen molar-refractivity contribution >= 4 is 32.5 Å². The fourth-order valence-corrected chi connectivity index (χ4v) is 7.23. The number of aromatic nitrogens is 3. The number of benzene rings is 1. The van der Waals surface area contributed by atoms with Gasteiger partial charge in [0.2, 0.25) is 0 Å². The maximum atomic E-state index is 13.1. The van der Waals surface area contributed by atoms with Gasteiger partial charge in [0.25, 0.3) is 5.91 Å². The molecule has 3 aromatic heterocycles. The number of aryl methyl sites for hydroxylation is 1. The quantitative estimate of drug-likeness (QED) is 0.358. The number of sulfone groups is 1. The van der Waals surface area contributed by atoms with Crippen LogP contribution in [0.3, 0.4) is 0 Å². The first-order valence-corrected chi connectivity index (χ1v) is 16.0. The summed E-state index contributed by atoms with van der Waals surface area (Å²) in [6.45, 7) is 9.59. The average molecular weight is 602 g/mol. The van der Waals surface area contributed by atoms with Crippen molar-refractivity contribution in [1.82, 2.24) is 20.3 Å². The second-order valence-electron chi connectivity index (χ2n) is 11.4. The van der Waals surface area contributed by atoms with Crippen LogP contribution in [-0.2, 0) is 32.5 Å². The van der Waals surface area contributed by atoms with Crippen LogP contribution >= 0.6 is 0 Å². The second-order valence-corrected chi connectivity index (χ2v) is 13.8. The van der Waals surface area contributed by atoms with Gasteiger partial charge in [-0.05, 0) is 81.3 Å². The minimum Gasteiger partial charge on any atom is -0.375 e. The highest BCUT2D eigenvalue weighted by Gasteiger charge is 2.31. The average Bonchev–Trinajstić information content (AvgIpc) is 3.10. The smallest absolute Gasteiger partial charge is 0.251 e. The molecule has 43 heavy (non-hydrogen) atoms. The van der Waals surface area contributed by atoms with Crippen molar-refractivity contribution < 1.29 is 22.7 Å². The third kappa shape index (κ3) is 5.97. The number of carbonyl (C=O) groups excluding carboxylic acids is 1. The molecule has 0 saturated carbocycles. The molecule has 3 atom stereocenters. The molecular formula is C32H35N5O5S. The number of morpholine rings is 1. The molecule has 1 aromatic carbocycles. The number of nitrogens with zero attached hydrogens (tertiary/aromatic N) is 4. The lowest BCUT2D eigenvalue weighted by Crippen LogP contribution is -2.45. The predicted octanol–water partition coefficient (Wildman–Crippen LogP) is 4.24. The first-order chi connectivity index (χ1) is 20.6. The SMILES string of the molecule is Cc1cc(C(=O)NCc2cc3nc(-c4cccc(N5C[C@@H](C)O[C@@H](C)C5)n4)ccc3cn2)cc2c1COC[C@@H](C)S2(=O)=O. The molecule has 0 radical (unpaired) electrons. The Hall–Kier alpha value is -3.93. The van der Waals surface area contributed by atoms with Gasteiger partial charge >= 0.3 is 0 Å². The van der Waals surface area contributed by atoms with Crippen molar-refractivity contribution in [1.29, 1.82) is 0 Å². The van der Waals surface area contributed by atoms with Crippen molar-refractivity contribution in [3.8, 4) is 11.4 Å². The summed E-state index contributed by atoms with van der Waals surface area (Å²) in [6, 6.07) is 14.8. The van der Waals surface area contributed by atoms with Crippen LogP contribution in [0.1, 0.15) is 48.0 Å². The highest BCUT2D eigenvalue weighted by molar-refractivity contribution is 7.92. The van der Waals surface area contributed by atoms with Crippen LogP contribution in [0, 0.1) is 6.92 Å². The molecule has 4 aromatic rings. The van der Waals surface area contributed by atoms with Crippen LogP contribution in [0.4, 0.5) is 5.82 Å². The molecule has 0 unspecified atom stereocenters. The minimum absolute atomic E-state index is 0.120. The normalized spacial score (nSPS) is 21.7. The van der Waals surface area contributed by atoms with E-state index in [9.17, 15) is 13.2 Å². The fraction of sp³-hybridized carbons (Fsp3) is 0.375. The zero-order chi connectivity index (χ0) is 30.3. The fourth-order valence-electron chi connectivity index (χ4n) is 5.67. The zero-order valence-corrected chi connectivity index (χ0v) is 25.5. The van der Waals surface area contributed by atoms with E-state index >= 15 is 0 Å². The Labute approximate surface area is 251 Å². The van der Waals surface area contributed by atoms with Crippen molar-refractivity contribution in [2.75, 3.05) is 24.6 Å². The Morgan fingerprint density at radius 3 is 2.58 bits per heavy atom. The van der Waals surface area contributed by atoms with Gasteiger partial charge < -0.3 is 19.7 Å². The molecule has 2 aliphatic heterocycles. The molecule has 1 saturated heterocycles. The summed E-state index contributed by atoms with van der Waals surface area (Å²) >= 11 is 0. The Balaban J connectivity index is 1.21. The molecular weight excluding hydrogens is 566 g/mol. The van der Waals surface area contributed by atoms with Crippen molar-refractivity contribution in [3.63, 3.8) is 0 Å². The Morgan fingerprint density at radius 1 is 1.02 bits per heavy atom. The molecule has 224 valence electrons. The van der Waals surface area contributed by atoms with Crippen LogP contribution in [0.25, 0.3) is 22.3 Å². The highest BCUT2D eigenvalue weighted by atomic mass is 32.2. The number of rotatable bonds is 5. The molecule has 1 fully saturated rings. The van der Waals surface area contributed by atoms with E-state index in [0.29, 0.717) is 16.8 Å². The maximum Gasteiger partial charge on any atom is 0.251 e. The number of carbonyl (C=O) groups is 1. The number of hydrogen-bond acceptors (Lipinski definition) is 9. The molecule has 0 spiro atoms. The number of ether oxygens (including phenoxy) is 2. The summed E-state index contributed by atoms with van der Waals surface area (Å²) in [4.78, 5) is 29.8. The monoisotopic (exact) mass is 601 g/mol. The number of amides is 1. The number of fused-ring (bicyclic) bond motifs is 2. The van der Waals surface area contributed by atoms with Gasteiger partial charge in [0.1, 0.15) is 5.82 Å². The van der Waals surface area contributed by atoms with Gasteiger partial charge in [-0.3, -0.25) is 9.78 Å². The number of nitrogens with one attached hydrogen (secondary N) is 1. The van der Waals surface area contributed by atoms with E-state index < -0.39 is 15.1 Å². The van der Waals surface area contributed by atoms with Crippen LogP contribution in [-0.4, -0.2) is 66.4 Å². The van der Waals surface area contributed by atoms with Crippen molar-refractivity contribution in [2.24, 2.45) is 0 Å². The van der Waals surface area contributed by atoms with Crippen LogP contribution in [0.2, 0.25) is 0 Å². The van der Waals surface area contributed by atoms with E-state index in [1.54, 1.807) is 26.1 Å². The molecule has 0 bridgehead atoms. The summed E-state index contributed by atoms with van der Waals surface area (Å²) < 4.78 is 37.6. The van der Waals surface area contributed by atoms with E-state index in [-0.39, 0.29) is 48.3 Å². The second kappa shape index (κ2) is 11.6. The van der Waals surface area contributed by atoms with Gasteiger partial charge in [-0.1, -0.05) is 6.07 Å². The molecule has 11 heteroatoms. The molecule has 6 rings (SSSR count). The van der Waals surface area contributed by atoms with Crippen molar-refractivity contribution in [2.45, 2.75) is 63.2 Å². The summed E-state index contributed by atoms with van der Waals surface area (Å²) in [5.74, 6) is 0.512. The van der Waals surface area contributed by atoms with E-state index in [2.05, 4.69) is 29.0 Å². The van der Waals surface area contributed by atoms with Gasteiger partial charge in [0, 0.05) is 30.2 Å². The standard InChI is InChI=1S/C32H35N5O5S/c1-19-10-24(11-30-26(19)18-41-17-22(4)43(30,39)40)32(38)34-14-25-12-29-23(13-33-25)8-9-28(35-29)27-6-5-7-31(36-27)37-15-20(2)42-21(3)16-37/h5-13,20-22H,14-18H2,1-4H3,(H,34,38)/t20-,21+,22-/m1/s1. The largest absolute Gasteiger partial charge is 0.375 e. The summed E-state index contributed by atoms with van der Waals surface area (Å²) in [5.41, 5.74) is 4.47. The maximum absolute atomic E-state index is 13.1. The zero-order valence-electron chi connectivity index (χ0n) is 24.7. The summed E-state index contributed by atoms with van der Waals surface area (Å²) in [7, 11) is -3.61. The molecule has 5 heterocycles. The molecule has 1 amide bonds. The molecule has 1 N–H and O–H groups in total.